The minimum absolute atomic E-state index is 0.0750. The summed E-state index contributed by atoms with van der Waals surface area (Å²) in [5.74, 6) is 0. The summed E-state index contributed by atoms with van der Waals surface area (Å²) in [6.45, 7) is 1.33. The molecule has 0 aliphatic heterocycles. The highest BCUT2D eigenvalue weighted by Gasteiger charge is 2.40. The van der Waals surface area contributed by atoms with Crippen molar-refractivity contribution in [2.45, 2.75) is 25.7 Å². The molecular formula is C11H7ClF6O. The quantitative estimate of drug-likeness (QED) is 0.573. The lowest BCUT2D eigenvalue weighted by atomic mass is 9.96. The van der Waals surface area contributed by atoms with E-state index >= 15 is 0 Å². The van der Waals surface area contributed by atoms with Gasteiger partial charge in [0.15, 0.2) is 0 Å². The van der Waals surface area contributed by atoms with E-state index in [0.717, 1.165) is 0 Å². The van der Waals surface area contributed by atoms with E-state index in [0.29, 0.717) is 6.07 Å². The Hall–Kier alpha value is -1.24. The lowest BCUT2D eigenvalue weighted by Crippen LogP contribution is -2.17. The fraction of sp³-hybridized carbons (Fsp3) is 0.364. The van der Waals surface area contributed by atoms with Crippen molar-refractivity contribution in [1.82, 2.24) is 0 Å². The molecule has 0 aliphatic rings. The number of benzene rings is 1. The zero-order valence-corrected chi connectivity index (χ0v) is 10.2. The standard InChI is InChI=1S/C11H7ClF6O/c1-2-5-3-6(9(12)19)8(11(16,17)18)4-7(5)10(13,14)15/h3-4H,2H2,1H3. The normalized spacial score (nSPS) is 12.6. The molecule has 0 fully saturated rings. The van der Waals surface area contributed by atoms with Gasteiger partial charge in [0.1, 0.15) is 0 Å². The van der Waals surface area contributed by atoms with Crippen molar-refractivity contribution in [1.29, 1.82) is 0 Å². The Morgan fingerprint density at radius 1 is 1.05 bits per heavy atom. The van der Waals surface area contributed by atoms with Crippen LogP contribution in [0.15, 0.2) is 12.1 Å². The highest BCUT2D eigenvalue weighted by Crippen LogP contribution is 2.39. The Labute approximate surface area is 109 Å². The van der Waals surface area contributed by atoms with Gasteiger partial charge in [-0.25, -0.2) is 0 Å². The van der Waals surface area contributed by atoms with Crippen molar-refractivity contribution < 1.29 is 31.1 Å². The summed E-state index contributed by atoms with van der Waals surface area (Å²) in [5.41, 5.74) is -4.48. The third-order valence-electron chi connectivity index (χ3n) is 2.45. The number of hydrogen-bond donors (Lipinski definition) is 0. The van der Waals surface area contributed by atoms with Gasteiger partial charge in [0.05, 0.1) is 11.1 Å². The second-order valence-corrected chi connectivity index (χ2v) is 4.02. The molecule has 0 aliphatic carbocycles. The van der Waals surface area contributed by atoms with E-state index in [1.54, 1.807) is 0 Å². The van der Waals surface area contributed by atoms with E-state index in [4.69, 9.17) is 11.6 Å². The number of aryl methyl sites for hydroxylation is 1. The summed E-state index contributed by atoms with van der Waals surface area (Å²) >= 11 is 4.99. The molecule has 0 N–H and O–H groups in total. The molecular weight excluding hydrogens is 298 g/mol. The van der Waals surface area contributed by atoms with Crippen LogP contribution < -0.4 is 0 Å². The van der Waals surface area contributed by atoms with E-state index in [-0.39, 0.29) is 12.5 Å². The molecule has 0 amide bonds. The van der Waals surface area contributed by atoms with Gasteiger partial charge in [-0.1, -0.05) is 6.92 Å². The molecule has 19 heavy (non-hydrogen) atoms. The average Bonchev–Trinajstić information content (AvgIpc) is 2.24. The minimum Gasteiger partial charge on any atom is -0.276 e. The molecule has 1 rings (SSSR count). The Morgan fingerprint density at radius 3 is 1.84 bits per heavy atom. The predicted molar refractivity (Wildman–Crippen MR) is 56.0 cm³/mol. The molecule has 0 heterocycles. The van der Waals surface area contributed by atoms with Crippen LogP contribution in [0.3, 0.4) is 0 Å². The van der Waals surface area contributed by atoms with Crippen LogP contribution in [-0.4, -0.2) is 5.24 Å². The van der Waals surface area contributed by atoms with Gasteiger partial charge >= 0.3 is 12.4 Å². The van der Waals surface area contributed by atoms with Crippen molar-refractivity contribution in [2.75, 3.05) is 0 Å². The van der Waals surface area contributed by atoms with Gasteiger partial charge in [-0.3, -0.25) is 4.79 Å². The monoisotopic (exact) mass is 304 g/mol. The smallest absolute Gasteiger partial charge is 0.276 e. The lowest BCUT2D eigenvalue weighted by Gasteiger charge is -2.17. The van der Waals surface area contributed by atoms with Crippen LogP contribution in [0.5, 0.6) is 0 Å². The molecule has 0 saturated carbocycles. The van der Waals surface area contributed by atoms with Crippen LogP contribution in [0.1, 0.15) is 34.0 Å². The molecule has 0 atom stereocenters. The first-order valence-corrected chi connectivity index (χ1v) is 5.37. The van der Waals surface area contributed by atoms with Crippen LogP contribution in [0.25, 0.3) is 0 Å². The summed E-state index contributed by atoms with van der Waals surface area (Å²) in [6.07, 6.45) is -10.2. The summed E-state index contributed by atoms with van der Waals surface area (Å²) in [5, 5.41) is -1.45. The van der Waals surface area contributed by atoms with E-state index in [1.807, 2.05) is 0 Å². The number of rotatable bonds is 2. The van der Waals surface area contributed by atoms with Gasteiger partial charge in [-0.15, -0.1) is 0 Å². The van der Waals surface area contributed by atoms with Crippen LogP contribution in [0, 0.1) is 0 Å². The Kier molecular flexibility index (Phi) is 4.19. The second-order valence-electron chi connectivity index (χ2n) is 3.68. The molecule has 1 nitrogen and oxygen atoms in total. The topological polar surface area (TPSA) is 17.1 Å². The maximum atomic E-state index is 12.7. The van der Waals surface area contributed by atoms with Crippen LogP contribution in [0.4, 0.5) is 26.3 Å². The molecule has 0 radical (unpaired) electrons. The number of carbonyl (C=O) groups excluding carboxylic acids is 1. The first-order valence-electron chi connectivity index (χ1n) is 4.99. The van der Waals surface area contributed by atoms with Gasteiger partial charge in [0, 0.05) is 5.56 Å². The van der Waals surface area contributed by atoms with E-state index in [9.17, 15) is 31.1 Å². The zero-order valence-electron chi connectivity index (χ0n) is 9.42. The highest BCUT2D eigenvalue weighted by atomic mass is 35.5. The molecule has 0 saturated heterocycles. The van der Waals surface area contributed by atoms with Crippen LogP contribution in [-0.2, 0) is 18.8 Å². The number of halogens is 7. The molecule has 0 unspecified atom stereocenters. The molecule has 1 aromatic rings. The van der Waals surface area contributed by atoms with Crippen molar-refractivity contribution in [3.05, 3.63) is 34.4 Å². The maximum absolute atomic E-state index is 12.7. The molecule has 0 aromatic heterocycles. The summed E-state index contributed by atoms with van der Waals surface area (Å²) in [4.78, 5) is 10.9. The first-order chi connectivity index (χ1) is 8.48. The van der Waals surface area contributed by atoms with Crippen LogP contribution >= 0.6 is 11.6 Å². The van der Waals surface area contributed by atoms with Crippen molar-refractivity contribution in [2.24, 2.45) is 0 Å². The van der Waals surface area contributed by atoms with Crippen molar-refractivity contribution in [3.63, 3.8) is 0 Å². The minimum atomic E-state index is -5.09. The van der Waals surface area contributed by atoms with Crippen molar-refractivity contribution >= 4 is 16.8 Å². The van der Waals surface area contributed by atoms with Crippen molar-refractivity contribution in [3.8, 4) is 0 Å². The second kappa shape index (κ2) is 5.03. The van der Waals surface area contributed by atoms with E-state index in [1.165, 1.54) is 6.92 Å². The third kappa shape index (κ3) is 3.40. The Morgan fingerprint density at radius 2 is 1.53 bits per heavy atom. The molecule has 106 valence electrons. The summed E-state index contributed by atoms with van der Waals surface area (Å²) in [7, 11) is 0. The third-order valence-corrected chi connectivity index (χ3v) is 2.65. The molecule has 0 spiro atoms. The van der Waals surface area contributed by atoms with Gasteiger partial charge in [-0.05, 0) is 35.7 Å². The average molecular weight is 305 g/mol. The van der Waals surface area contributed by atoms with Gasteiger partial charge in [0.2, 0.25) is 0 Å². The van der Waals surface area contributed by atoms with Gasteiger partial charge < -0.3 is 0 Å². The number of alkyl halides is 6. The fourth-order valence-electron chi connectivity index (χ4n) is 1.60. The molecule has 0 bridgehead atoms. The highest BCUT2D eigenvalue weighted by molar-refractivity contribution is 6.68. The Bertz CT molecular complexity index is 503. The van der Waals surface area contributed by atoms with E-state index < -0.39 is 39.8 Å². The van der Waals surface area contributed by atoms with Crippen LogP contribution in [0.2, 0.25) is 0 Å². The van der Waals surface area contributed by atoms with E-state index in [2.05, 4.69) is 0 Å². The molecule has 8 heteroatoms. The number of carbonyl (C=O) groups is 1. The Balaban J connectivity index is 3.67. The van der Waals surface area contributed by atoms with Gasteiger partial charge in [0.25, 0.3) is 5.24 Å². The summed E-state index contributed by atoms with van der Waals surface area (Å²) < 4.78 is 75.9. The maximum Gasteiger partial charge on any atom is 0.417 e. The lowest BCUT2D eigenvalue weighted by molar-refractivity contribution is -0.143. The first kappa shape index (κ1) is 15.8. The zero-order chi connectivity index (χ0) is 15.0. The SMILES string of the molecule is CCc1cc(C(=O)Cl)c(C(F)(F)F)cc1C(F)(F)F. The number of hydrogen-bond acceptors (Lipinski definition) is 1. The summed E-state index contributed by atoms with van der Waals surface area (Å²) in [6, 6.07) is 0.468. The fourth-order valence-corrected chi connectivity index (χ4v) is 1.75. The van der Waals surface area contributed by atoms with Gasteiger partial charge in [-0.2, -0.15) is 26.3 Å². The predicted octanol–water partition coefficient (Wildman–Crippen LogP) is 4.67. The molecule has 1 aromatic carbocycles. The largest absolute Gasteiger partial charge is 0.417 e.